The van der Waals surface area contributed by atoms with E-state index in [4.69, 9.17) is 4.74 Å². The van der Waals surface area contributed by atoms with Gasteiger partial charge in [-0.05, 0) is 17.7 Å². The van der Waals surface area contributed by atoms with Crippen LogP contribution in [0.5, 0.6) is 5.75 Å². The number of urea groups is 1. The summed E-state index contributed by atoms with van der Waals surface area (Å²) in [7, 11) is 5.12. The summed E-state index contributed by atoms with van der Waals surface area (Å²) in [6.45, 7) is 6.16. The van der Waals surface area contributed by atoms with Crippen molar-refractivity contribution in [2.24, 2.45) is 5.41 Å². The minimum absolute atomic E-state index is 0.0360. The molecule has 160 valence electrons. The van der Waals surface area contributed by atoms with Crippen LogP contribution in [0.15, 0.2) is 54.6 Å². The summed E-state index contributed by atoms with van der Waals surface area (Å²) in [5, 5.41) is 0. The zero-order valence-corrected chi connectivity index (χ0v) is 18.6. The van der Waals surface area contributed by atoms with Crippen LogP contribution in [0.4, 0.5) is 10.5 Å². The molecule has 1 aliphatic heterocycles. The molecule has 2 aromatic carbocycles. The van der Waals surface area contributed by atoms with Crippen LogP contribution < -0.4 is 9.64 Å². The van der Waals surface area contributed by atoms with Crippen LogP contribution in [-0.4, -0.2) is 55.2 Å². The zero-order chi connectivity index (χ0) is 22.1. The fourth-order valence-electron chi connectivity index (χ4n) is 4.19. The molecule has 0 N–H and O–H groups in total. The molecule has 1 fully saturated rings. The predicted octanol–water partition coefficient (Wildman–Crippen LogP) is 4.01. The Morgan fingerprint density at radius 2 is 1.77 bits per heavy atom. The van der Waals surface area contributed by atoms with Gasteiger partial charge in [-0.1, -0.05) is 57.2 Å². The summed E-state index contributed by atoms with van der Waals surface area (Å²) in [6.07, 6.45) is 0.133. The minimum atomic E-state index is -0.554. The zero-order valence-electron chi connectivity index (χ0n) is 18.6. The van der Waals surface area contributed by atoms with Crippen LogP contribution in [-0.2, 0) is 11.2 Å². The van der Waals surface area contributed by atoms with Gasteiger partial charge in [-0.25, -0.2) is 4.79 Å². The minimum Gasteiger partial charge on any atom is -0.497 e. The molecule has 2 unspecified atom stereocenters. The third-order valence-corrected chi connectivity index (χ3v) is 5.59. The van der Waals surface area contributed by atoms with Crippen molar-refractivity contribution in [3.8, 4) is 5.75 Å². The van der Waals surface area contributed by atoms with E-state index in [-0.39, 0.29) is 23.5 Å². The first-order valence-electron chi connectivity index (χ1n) is 10.2. The molecule has 2 atom stereocenters. The number of carbonyl (C=O) groups excluding carboxylic acids is 2. The van der Waals surface area contributed by atoms with Crippen molar-refractivity contribution in [3.63, 3.8) is 0 Å². The molecule has 0 aliphatic carbocycles. The highest BCUT2D eigenvalue weighted by Gasteiger charge is 2.51. The molecule has 1 saturated heterocycles. The maximum Gasteiger partial charge on any atom is 0.326 e. The molecule has 3 amide bonds. The molecule has 0 radical (unpaired) electrons. The van der Waals surface area contributed by atoms with E-state index in [9.17, 15) is 9.59 Å². The van der Waals surface area contributed by atoms with E-state index in [1.165, 1.54) is 0 Å². The second-order valence-corrected chi connectivity index (χ2v) is 8.84. The number of ether oxygens (including phenoxy) is 1. The molecule has 1 aliphatic rings. The topological polar surface area (TPSA) is 53.1 Å². The lowest BCUT2D eigenvalue weighted by molar-refractivity contribution is -0.129. The van der Waals surface area contributed by atoms with Gasteiger partial charge in [0.1, 0.15) is 18.0 Å². The first-order chi connectivity index (χ1) is 14.1. The van der Waals surface area contributed by atoms with E-state index in [1.54, 1.807) is 35.9 Å². The van der Waals surface area contributed by atoms with Gasteiger partial charge in [0.25, 0.3) is 0 Å². The summed E-state index contributed by atoms with van der Waals surface area (Å²) >= 11 is 0. The van der Waals surface area contributed by atoms with Gasteiger partial charge in [-0.15, -0.1) is 0 Å². The second-order valence-electron chi connectivity index (χ2n) is 8.84. The van der Waals surface area contributed by atoms with Crippen molar-refractivity contribution in [2.45, 2.75) is 39.4 Å². The van der Waals surface area contributed by atoms with Gasteiger partial charge in [0.15, 0.2) is 0 Å². The summed E-state index contributed by atoms with van der Waals surface area (Å²) in [6, 6.07) is 16.4. The largest absolute Gasteiger partial charge is 0.497 e. The first kappa shape index (κ1) is 21.7. The quantitative estimate of drug-likeness (QED) is 0.767. The number of anilines is 1. The van der Waals surface area contributed by atoms with Crippen molar-refractivity contribution >= 4 is 17.6 Å². The standard InChI is InChI=1S/C24H31N3O3/c1-24(2,3)22-26(5)21(28)20(15-17-11-8-7-9-12-17)27(22)23(29)25(4)18-13-10-14-19(16-18)30-6/h7-14,16,20,22H,15H2,1-6H3. The van der Waals surface area contributed by atoms with Crippen LogP contribution in [0.2, 0.25) is 0 Å². The Morgan fingerprint density at radius 1 is 1.10 bits per heavy atom. The average Bonchev–Trinajstić information content (AvgIpc) is 2.98. The summed E-state index contributed by atoms with van der Waals surface area (Å²) in [4.78, 5) is 32.0. The molecule has 6 heteroatoms. The number of hydrogen-bond donors (Lipinski definition) is 0. The number of carbonyl (C=O) groups is 2. The third kappa shape index (κ3) is 4.13. The van der Waals surface area contributed by atoms with E-state index in [1.807, 2.05) is 54.6 Å². The van der Waals surface area contributed by atoms with E-state index in [0.29, 0.717) is 17.9 Å². The lowest BCUT2D eigenvalue weighted by Gasteiger charge is -2.40. The molecule has 30 heavy (non-hydrogen) atoms. The average molecular weight is 410 g/mol. The fourth-order valence-corrected chi connectivity index (χ4v) is 4.19. The monoisotopic (exact) mass is 409 g/mol. The van der Waals surface area contributed by atoms with Crippen LogP contribution >= 0.6 is 0 Å². The van der Waals surface area contributed by atoms with E-state index in [2.05, 4.69) is 20.8 Å². The molecule has 3 rings (SSSR count). The molecule has 0 spiro atoms. The van der Waals surface area contributed by atoms with Gasteiger partial charge in [-0.2, -0.15) is 0 Å². The van der Waals surface area contributed by atoms with Crippen molar-refractivity contribution in [2.75, 3.05) is 26.1 Å². The molecular weight excluding hydrogens is 378 g/mol. The van der Waals surface area contributed by atoms with Crippen LogP contribution in [0, 0.1) is 5.41 Å². The summed E-state index contributed by atoms with van der Waals surface area (Å²) in [5.74, 6) is 0.640. The fraction of sp³-hybridized carbons (Fsp3) is 0.417. The number of rotatable bonds is 4. The maximum atomic E-state index is 13.7. The molecule has 1 heterocycles. The predicted molar refractivity (Wildman–Crippen MR) is 119 cm³/mol. The molecule has 0 aromatic heterocycles. The number of likely N-dealkylation sites (N-methyl/N-ethyl adjacent to an activating group) is 1. The Balaban J connectivity index is 1.99. The molecule has 6 nitrogen and oxygen atoms in total. The number of amides is 3. The molecular formula is C24H31N3O3. The second kappa shape index (κ2) is 8.38. The van der Waals surface area contributed by atoms with Crippen molar-refractivity contribution in [3.05, 3.63) is 60.2 Å². The third-order valence-electron chi connectivity index (χ3n) is 5.59. The summed E-state index contributed by atoms with van der Waals surface area (Å²) in [5.41, 5.74) is 1.44. The molecule has 2 aromatic rings. The number of hydrogen-bond acceptors (Lipinski definition) is 3. The van der Waals surface area contributed by atoms with Crippen LogP contribution in [0.25, 0.3) is 0 Å². The SMILES string of the molecule is COc1cccc(N(C)C(=O)N2C(Cc3ccccc3)C(=O)N(C)C2C(C)(C)C)c1. The van der Waals surface area contributed by atoms with Gasteiger partial charge in [0.2, 0.25) is 5.91 Å². The van der Waals surface area contributed by atoms with E-state index >= 15 is 0 Å². The Bertz CT molecular complexity index is 907. The Morgan fingerprint density at radius 3 is 2.37 bits per heavy atom. The number of benzene rings is 2. The highest BCUT2D eigenvalue weighted by Crippen LogP contribution is 2.36. The number of methoxy groups -OCH3 is 1. The highest BCUT2D eigenvalue weighted by atomic mass is 16.5. The Kier molecular flexibility index (Phi) is 6.06. The van der Waals surface area contributed by atoms with Crippen molar-refractivity contribution in [1.82, 2.24) is 9.80 Å². The Labute approximate surface area is 179 Å². The van der Waals surface area contributed by atoms with Gasteiger partial charge in [-0.3, -0.25) is 14.6 Å². The highest BCUT2D eigenvalue weighted by molar-refractivity contribution is 5.98. The van der Waals surface area contributed by atoms with Gasteiger partial charge in [0.05, 0.1) is 7.11 Å². The molecule has 0 saturated carbocycles. The van der Waals surface area contributed by atoms with E-state index < -0.39 is 6.04 Å². The molecule has 0 bridgehead atoms. The van der Waals surface area contributed by atoms with Crippen molar-refractivity contribution < 1.29 is 14.3 Å². The van der Waals surface area contributed by atoms with Crippen LogP contribution in [0.1, 0.15) is 26.3 Å². The maximum absolute atomic E-state index is 13.7. The van der Waals surface area contributed by atoms with Gasteiger partial charge < -0.3 is 9.64 Å². The smallest absolute Gasteiger partial charge is 0.326 e. The van der Waals surface area contributed by atoms with Crippen LogP contribution in [0.3, 0.4) is 0 Å². The first-order valence-corrected chi connectivity index (χ1v) is 10.2. The van der Waals surface area contributed by atoms with Gasteiger partial charge in [0, 0.05) is 37.7 Å². The van der Waals surface area contributed by atoms with Gasteiger partial charge >= 0.3 is 6.03 Å². The summed E-state index contributed by atoms with van der Waals surface area (Å²) < 4.78 is 5.31. The lowest BCUT2D eigenvalue weighted by atomic mass is 9.91. The normalized spacial score (nSPS) is 19.2. The number of nitrogens with zero attached hydrogens (tertiary/aromatic N) is 3. The lowest BCUT2D eigenvalue weighted by Crippen LogP contribution is -2.54. The van der Waals surface area contributed by atoms with E-state index in [0.717, 1.165) is 5.56 Å². The van der Waals surface area contributed by atoms with Crippen molar-refractivity contribution in [1.29, 1.82) is 0 Å². The Hall–Kier alpha value is -3.02.